The van der Waals surface area contributed by atoms with E-state index in [1.165, 1.54) is 5.56 Å². The number of aromatic amines is 1. The Morgan fingerprint density at radius 2 is 1.97 bits per heavy atom. The zero-order valence-corrected chi connectivity index (χ0v) is 19.5. The van der Waals surface area contributed by atoms with Crippen molar-refractivity contribution in [1.29, 1.82) is 0 Å². The number of aryl methyl sites for hydroxylation is 1. The average molecular weight is 486 g/mol. The summed E-state index contributed by atoms with van der Waals surface area (Å²) in [5.74, 6) is 0.145. The van der Waals surface area contributed by atoms with Gasteiger partial charge >= 0.3 is 6.18 Å². The topological polar surface area (TPSA) is 82.7 Å². The number of fused-ring (bicyclic) bond motifs is 3. The van der Waals surface area contributed by atoms with Gasteiger partial charge in [-0.15, -0.1) is 11.3 Å². The Balaban J connectivity index is 1.54. The lowest BCUT2D eigenvalue weighted by Crippen LogP contribution is -2.37. The molecule has 0 saturated carbocycles. The standard InChI is InChI=1S/C24H22F3N5OS/c1-11(2)7-13-5-4-6-14(9-13)18-15(10-28-32-18)21-30-19-17-12(3)8-16(24(25,26)27)29-23(17)34-20(19)22(33)31-21/h4-6,8-11,21,30H,7H2,1-3H3,(H,28,32)(H,31,33). The minimum atomic E-state index is -4.56. The Bertz CT molecular complexity index is 1410. The van der Waals surface area contributed by atoms with E-state index in [-0.39, 0.29) is 10.7 Å². The number of aromatic nitrogens is 3. The number of nitrogens with one attached hydrogen (secondary N) is 3. The van der Waals surface area contributed by atoms with E-state index in [9.17, 15) is 18.0 Å². The number of rotatable bonds is 4. The summed E-state index contributed by atoms with van der Waals surface area (Å²) in [5, 5.41) is 14.0. The maximum Gasteiger partial charge on any atom is 0.433 e. The molecule has 3 N–H and O–H groups in total. The summed E-state index contributed by atoms with van der Waals surface area (Å²) in [4.78, 5) is 17.2. The quantitative estimate of drug-likeness (QED) is 0.328. The van der Waals surface area contributed by atoms with E-state index < -0.39 is 18.0 Å². The molecule has 10 heteroatoms. The molecule has 1 aromatic carbocycles. The summed E-state index contributed by atoms with van der Waals surface area (Å²) >= 11 is 0.951. The first-order valence-electron chi connectivity index (χ1n) is 10.8. The molecule has 0 bridgehead atoms. The molecular weight excluding hydrogens is 463 g/mol. The second kappa shape index (κ2) is 8.12. The third kappa shape index (κ3) is 3.91. The van der Waals surface area contributed by atoms with E-state index in [1.807, 2.05) is 12.1 Å². The normalized spacial score (nSPS) is 16.0. The van der Waals surface area contributed by atoms with E-state index in [0.29, 0.717) is 27.4 Å². The number of hydrogen-bond acceptors (Lipinski definition) is 5. The van der Waals surface area contributed by atoms with E-state index in [2.05, 4.69) is 51.8 Å². The number of hydrogen-bond donors (Lipinski definition) is 3. The first-order chi connectivity index (χ1) is 16.1. The number of carbonyl (C=O) groups is 1. The van der Waals surface area contributed by atoms with Crippen molar-refractivity contribution in [3.8, 4) is 11.3 Å². The highest BCUT2D eigenvalue weighted by Gasteiger charge is 2.36. The molecule has 5 rings (SSSR count). The van der Waals surface area contributed by atoms with Crippen LogP contribution in [0.15, 0.2) is 36.5 Å². The van der Waals surface area contributed by atoms with Gasteiger partial charge < -0.3 is 10.6 Å². The molecule has 6 nitrogen and oxygen atoms in total. The molecule has 0 fully saturated rings. The van der Waals surface area contributed by atoms with Crippen molar-refractivity contribution in [1.82, 2.24) is 20.5 Å². The van der Waals surface area contributed by atoms with Gasteiger partial charge in [0.05, 0.1) is 17.6 Å². The molecule has 0 spiro atoms. The first-order valence-corrected chi connectivity index (χ1v) is 11.6. The van der Waals surface area contributed by atoms with Gasteiger partial charge in [-0.1, -0.05) is 32.0 Å². The van der Waals surface area contributed by atoms with Crippen molar-refractivity contribution in [3.05, 3.63) is 63.8 Å². The van der Waals surface area contributed by atoms with Crippen molar-refractivity contribution >= 4 is 33.1 Å². The fraction of sp³-hybridized carbons (Fsp3) is 0.292. The van der Waals surface area contributed by atoms with Gasteiger partial charge in [-0.05, 0) is 42.5 Å². The van der Waals surface area contributed by atoms with Crippen LogP contribution in [-0.4, -0.2) is 21.1 Å². The van der Waals surface area contributed by atoms with E-state index >= 15 is 0 Å². The Kier molecular flexibility index (Phi) is 5.35. The van der Waals surface area contributed by atoms with Gasteiger partial charge in [-0.3, -0.25) is 9.89 Å². The number of amides is 1. The predicted molar refractivity (Wildman–Crippen MR) is 126 cm³/mol. The van der Waals surface area contributed by atoms with Crippen molar-refractivity contribution in [2.45, 2.75) is 39.5 Å². The van der Waals surface area contributed by atoms with Gasteiger partial charge in [0.25, 0.3) is 5.91 Å². The van der Waals surface area contributed by atoms with Crippen LogP contribution in [-0.2, 0) is 12.6 Å². The molecule has 1 aliphatic rings. The molecule has 3 aromatic heterocycles. The first kappa shape index (κ1) is 22.4. The average Bonchev–Trinajstić information content (AvgIpc) is 3.38. The highest BCUT2D eigenvalue weighted by atomic mass is 32.1. The molecule has 34 heavy (non-hydrogen) atoms. The highest BCUT2D eigenvalue weighted by molar-refractivity contribution is 7.21. The summed E-state index contributed by atoms with van der Waals surface area (Å²) < 4.78 is 39.7. The molecule has 1 aliphatic heterocycles. The minimum Gasteiger partial charge on any atom is -0.360 e. The Hall–Kier alpha value is -3.40. The van der Waals surface area contributed by atoms with Crippen LogP contribution < -0.4 is 10.6 Å². The molecule has 0 saturated heterocycles. The molecule has 4 aromatic rings. The van der Waals surface area contributed by atoms with Gasteiger partial charge in [0.15, 0.2) is 0 Å². The summed E-state index contributed by atoms with van der Waals surface area (Å²) in [6, 6.07) is 9.16. The molecule has 1 unspecified atom stereocenters. The number of H-pyrrole nitrogens is 1. The number of nitrogens with zero attached hydrogens (tertiary/aromatic N) is 2. The van der Waals surface area contributed by atoms with E-state index in [1.54, 1.807) is 13.1 Å². The molecule has 1 atom stereocenters. The summed E-state index contributed by atoms with van der Waals surface area (Å²) in [5.41, 5.74) is 3.57. The zero-order valence-electron chi connectivity index (χ0n) is 18.7. The maximum atomic E-state index is 13.2. The lowest BCUT2D eigenvalue weighted by atomic mass is 9.98. The number of alkyl halides is 3. The lowest BCUT2D eigenvalue weighted by Gasteiger charge is -2.26. The van der Waals surface area contributed by atoms with Gasteiger partial charge in [-0.2, -0.15) is 18.3 Å². The van der Waals surface area contributed by atoms with Crippen LogP contribution in [0.4, 0.5) is 18.9 Å². The Morgan fingerprint density at radius 1 is 1.18 bits per heavy atom. The molecule has 1 amide bonds. The van der Waals surface area contributed by atoms with Crippen LogP contribution >= 0.6 is 11.3 Å². The number of anilines is 1. The van der Waals surface area contributed by atoms with Crippen molar-refractivity contribution in [2.24, 2.45) is 5.92 Å². The molecule has 0 aliphatic carbocycles. The van der Waals surface area contributed by atoms with E-state index in [4.69, 9.17) is 0 Å². The summed E-state index contributed by atoms with van der Waals surface area (Å²) in [6.07, 6.45) is -2.58. The highest BCUT2D eigenvalue weighted by Crippen LogP contribution is 2.43. The smallest absolute Gasteiger partial charge is 0.360 e. The fourth-order valence-corrected chi connectivity index (χ4v) is 5.45. The van der Waals surface area contributed by atoms with E-state index in [0.717, 1.165) is 40.6 Å². The summed E-state index contributed by atoms with van der Waals surface area (Å²) in [6.45, 7) is 5.92. The SMILES string of the molecule is Cc1cc(C(F)(F)F)nc2sc3c(c12)NC(c1cn[nH]c1-c1cccc(CC(C)C)c1)NC3=O. The molecule has 4 heterocycles. The molecule has 176 valence electrons. The van der Waals surface area contributed by atoms with Gasteiger partial charge in [0.1, 0.15) is 21.6 Å². The third-order valence-electron chi connectivity index (χ3n) is 5.76. The van der Waals surface area contributed by atoms with Crippen LogP contribution in [0.1, 0.15) is 52.1 Å². The predicted octanol–water partition coefficient (Wildman–Crippen LogP) is 6.07. The third-order valence-corrected chi connectivity index (χ3v) is 6.84. The van der Waals surface area contributed by atoms with Crippen LogP contribution in [0.25, 0.3) is 21.5 Å². The number of pyridine rings is 1. The van der Waals surface area contributed by atoms with Gasteiger partial charge in [-0.25, -0.2) is 4.98 Å². The van der Waals surface area contributed by atoms with Crippen LogP contribution in [0.3, 0.4) is 0 Å². The van der Waals surface area contributed by atoms with Crippen LogP contribution in [0, 0.1) is 12.8 Å². The van der Waals surface area contributed by atoms with Crippen LogP contribution in [0.2, 0.25) is 0 Å². The Labute approximate surface area is 197 Å². The molecular formula is C24H22F3N5OS. The largest absolute Gasteiger partial charge is 0.433 e. The zero-order chi connectivity index (χ0) is 24.2. The number of benzene rings is 1. The van der Waals surface area contributed by atoms with Crippen molar-refractivity contribution < 1.29 is 18.0 Å². The van der Waals surface area contributed by atoms with Crippen molar-refractivity contribution in [3.63, 3.8) is 0 Å². The number of halogens is 3. The molecule has 0 radical (unpaired) electrons. The Morgan fingerprint density at radius 3 is 2.71 bits per heavy atom. The minimum absolute atomic E-state index is 0.175. The second-order valence-electron chi connectivity index (χ2n) is 8.86. The lowest BCUT2D eigenvalue weighted by molar-refractivity contribution is -0.141. The summed E-state index contributed by atoms with van der Waals surface area (Å²) in [7, 11) is 0. The monoisotopic (exact) mass is 485 g/mol. The van der Waals surface area contributed by atoms with Crippen molar-refractivity contribution in [2.75, 3.05) is 5.32 Å². The van der Waals surface area contributed by atoms with Crippen LogP contribution in [0.5, 0.6) is 0 Å². The number of carbonyl (C=O) groups excluding carboxylic acids is 1. The van der Waals surface area contributed by atoms with Gasteiger partial charge in [0, 0.05) is 16.5 Å². The van der Waals surface area contributed by atoms with Gasteiger partial charge in [0.2, 0.25) is 0 Å². The maximum absolute atomic E-state index is 13.2. The fourth-order valence-electron chi connectivity index (χ4n) is 4.33. The second-order valence-corrected chi connectivity index (χ2v) is 9.86. The number of thiophene rings is 1.